The zero-order chi connectivity index (χ0) is 19.1. The van der Waals surface area contributed by atoms with Crippen LogP contribution >= 0.6 is 0 Å². The fourth-order valence-electron chi connectivity index (χ4n) is 5.83. The molecular formula is C21H35NO5. The molecule has 4 aliphatic carbocycles. The zero-order valence-electron chi connectivity index (χ0n) is 16.7. The van der Waals surface area contributed by atoms with Crippen molar-refractivity contribution < 1.29 is 23.8 Å². The van der Waals surface area contributed by atoms with E-state index in [2.05, 4.69) is 5.32 Å². The lowest BCUT2D eigenvalue weighted by Crippen LogP contribution is -2.48. The van der Waals surface area contributed by atoms with Crippen LogP contribution in [-0.2, 0) is 23.8 Å². The van der Waals surface area contributed by atoms with Gasteiger partial charge in [-0.15, -0.1) is 0 Å². The Morgan fingerprint density at radius 2 is 1.37 bits per heavy atom. The fraction of sp³-hybridized carbons (Fsp3) is 0.905. The molecule has 1 N–H and O–H groups in total. The van der Waals surface area contributed by atoms with Crippen molar-refractivity contribution in [2.75, 3.05) is 46.2 Å². The van der Waals surface area contributed by atoms with Crippen molar-refractivity contribution in [2.24, 2.45) is 23.2 Å². The fourth-order valence-corrected chi connectivity index (χ4v) is 5.83. The molecule has 0 aromatic heterocycles. The van der Waals surface area contributed by atoms with E-state index in [1.807, 2.05) is 0 Å². The predicted molar refractivity (Wildman–Crippen MR) is 101 cm³/mol. The lowest BCUT2D eigenvalue weighted by Gasteiger charge is -2.56. The summed E-state index contributed by atoms with van der Waals surface area (Å²) in [6, 6.07) is 0. The molecule has 27 heavy (non-hydrogen) atoms. The molecule has 0 heterocycles. The first-order valence-corrected chi connectivity index (χ1v) is 10.5. The first-order chi connectivity index (χ1) is 13.0. The first-order valence-electron chi connectivity index (χ1n) is 10.5. The molecule has 0 aliphatic heterocycles. The second-order valence-corrected chi connectivity index (χ2v) is 8.92. The van der Waals surface area contributed by atoms with Gasteiger partial charge in [-0.25, -0.2) is 0 Å². The Bertz CT molecular complexity index is 472. The van der Waals surface area contributed by atoms with E-state index >= 15 is 0 Å². The third-order valence-corrected chi connectivity index (χ3v) is 6.32. The van der Waals surface area contributed by atoms with E-state index in [-0.39, 0.29) is 18.3 Å². The van der Waals surface area contributed by atoms with Gasteiger partial charge < -0.3 is 19.5 Å². The van der Waals surface area contributed by atoms with Gasteiger partial charge in [-0.3, -0.25) is 9.59 Å². The minimum atomic E-state index is 0.0172. The van der Waals surface area contributed by atoms with E-state index in [4.69, 9.17) is 14.2 Å². The van der Waals surface area contributed by atoms with Crippen LogP contribution in [0.1, 0.15) is 51.9 Å². The molecule has 0 atom stereocenters. The van der Waals surface area contributed by atoms with Crippen molar-refractivity contribution in [3.8, 4) is 0 Å². The molecule has 0 aromatic rings. The highest BCUT2D eigenvalue weighted by atomic mass is 16.5. The normalized spacial score (nSPS) is 31.2. The van der Waals surface area contributed by atoms with E-state index in [9.17, 15) is 9.59 Å². The number of rotatable bonds is 13. The maximum absolute atomic E-state index is 12.4. The molecule has 4 saturated carbocycles. The highest BCUT2D eigenvalue weighted by Gasteiger charge is 2.51. The summed E-state index contributed by atoms with van der Waals surface area (Å²) >= 11 is 0. The molecule has 6 nitrogen and oxygen atoms in total. The number of ketones is 1. The van der Waals surface area contributed by atoms with Crippen LogP contribution in [0.5, 0.6) is 0 Å². The minimum Gasteiger partial charge on any atom is -0.377 e. The number of hydrogen-bond acceptors (Lipinski definition) is 5. The Morgan fingerprint density at radius 3 is 1.93 bits per heavy atom. The van der Waals surface area contributed by atoms with E-state index in [0.29, 0.717) is 51.4 Å². The van der Waals surface area contributed by atoms with Crippen LogP contribution in [0.4, 0.5) is 0 Å². The van der Waals surface area contributed by atoms with Gasteiger partial charge in [0, 0.05) is 13.0 Å². The van der Waals surface area contributed by atoms with E-state index < -0.39 is 0 Å². The van der Waals surface area contributed by atoms with Gasteiger partial charge in [-0.05, 0) is 68.6 Å². The predicted octanol–water partition coefficient (Wildman–Crippen LogP) is 2.35. The number of carbonyl (C=O) groups is 2. The smallest absolute Gasteiger partial charge is 0.220 e. The lowest BCUT2D eigenvalue weighted by molar-refractivity contribution is -0.129. The number of Topliss-reactive ketones (excluding diaryl/α,β-unsaturated/α-hetero) is 1. The van der Waals surface area contributed by atoms with E-state index in [0.717, 1.165) is 17.8 Å². The van der Waals surface area contributed by atoms with Crippen LogP contribution in [0.3, 0.4) is 0 Å². The number of carbonyl (C=O) groups excluding carboxylic acids is 2. The van der Waals surface area contributed by atoms with Gasteiger partial charge in [0.15, 0.2) is 5.78 Å². The summed E-state index contributed by atoms with van der Waals surface area (Å²) in [4.78, 5) is 23.1. The maximum atomic E-state index is 12.4. The van der Waals surface area contributed by atoms with Gasteiger partial charge in [-0.1, -0.05) is 0 Å². The van der Waals surface area contributed by atoms with Crippen molar-refractivity contribution in [1.29, 1.82) is 0 Å². The van der Waals surface area contributed by atoms with Crippen LogP contribution < -0.4 is 5.32 Å². The average Bonchev–Trinajstić information content (AvgIpc) is 2.57. The van der Waals surface area contributed by atoms with Crippen LogP contribution in [-0.4, -0.2) is 57.9 Å². The molecule has 4 rings (SSSR count). The minimum absolute atomic E-state index is 0.0172. The summed E-state index contributed by atoms with van der Waals surface area (Å²) < 4.78 is 15.9. The summed E-state index contributed by atoms with van der Waals surface area (Å²) in [5.74, 6) is 2.88. The Morgan fingerprint density at radius 1 is 0.852 bits per heavy atom. The van der Waals surface area contributed by atoms with Gasteiger partial charge in [0.1, 0.15) is 6.61 Å². The van der Waals surface area contributed by atoms with Gasteiger partial charge in [0.2, 0.25) is 5.91 Å². The molecule has 0 aromatic carbocycles. The molecule has 1 amide bonds. The monoisotopic (exact) mass is 381 g/mol. The Hall–Kier alpha value is -0.980. The second-order valence-electron chi connectivity index (χ2n) is 8.92. The summed E-state index contributed by atoms with van der Waals surface area (Å²) in [5, 5.41) is 3.03. The highest BCUT2D eigenvalue weighted by molar-refractivity contribution is 5.77. The SMILES string of the molecule is CC(=O)COCCOCCOCCNC(=O)CC12CC3CC(CC(C3)C1)C2. The summed E-state index contributed by atoms with van der Waals surface area (Å²) in [6.07, 6.45) is 8.78. The Balaban J connectivity index is 1.18. The molecular weight excluding hydrogens is 346 g/mol. The van der Waals surface area contributed by atoms with E-state index in [1.165, 1.54) is 45.4 Å². The Labute approximate surface area is 162 Å². The second kappa shape index (κ2) is 9.99. The molecule has 0 saturated heterocycles. The average molecular weight is 382 g/mol. The van der Waals surface area contributed by atoms with Crippen LogP contribution in [0.15, 0.2) is 0 Å². The summed E-state index contributed by atoms with van der Waals surface area (Å²) in [6.45, 7) is 4.57. The molecule has 4 fully saturated rings. The standard InChI is InChI=1S/C21H35NO5/c1-16(23)15-27-7-6-26-5-4-25-3-2-22-20(24)14-21-11-17-8-18(12-21)10-19(9-17)13-21/h17-19H,2-15H2,1H3,(H,22,24). The summed E-state index contributed by atoms with van der Waals surface area (Å²) in [5.41, 5.74) is 0.304. The molecule has 6 heteroatoms. The quantitative estimate of drug-likeness (QED) is 0.496. The van der Waals surface area contributed by atoms with Crippen LogP contribution in [0.25, 0.3) is 0 Å². The third-order valence-electron chi connectivity index (χ3n) is 6.32. The van der Waals surface area contributed by atoms with Crippen molar-refractivity contribution in [1.82, 2.24) is 5.32 Å². The maximum Gasteiger partial charge on any atom is 0.220 e. The van der Waals surface area contributed by atoms with Crippen molar-refractivity contribution in [3.63, 3.8) is 0 Å². The van der Waals surface area contributed by atoms with E-state index in [1.54, 1.807) is 0 Å². The molecule has 154 valence electrons. The van der Waals surface area contributed by atoms with Crippen LogP contribution in [0, 0.1) is 23.2 Å². The largest absolute Gasteiger partial charge is 0.377 e. The topological polar surface area (TPSA) is 73.9 Å². The van der Waals surface area contributed by atoms with Crippen molar-refractivity contribution >= 4 is 11.7 Å². The van der Waals surface area contributed by atoms with Crippen molar-refractivity contribution in [3.05, 3.63) is 0 Å². The van der Waals surface area contributed by atoms with Gasteiger partial charge in [0.25, 0.3) is 0 Å². The molecule has 4 bridgehead atoms. The number of nitrogens with one attached hydrogen (secondary N) is 1. The third kappa shape index (κ3) is 6.54. The summed E-state index contributed by atoms with van der Waals surface area (Å²) in [7, 11) is 0. The highest BCUT2D eigenvalue weighted by Crippen LogP contribution is 2.61. The van der Waals surface area contributed by atoms with Gasteiger partial charge in [0.05, 0.1) is 33.0 Å². The lowest BCUT2D eigenvalue weighted by atomic mass is 9.49. The van der Waals surface area contributed by atoms with Crippen molar-refractivity contribution in [2.45, 2.75) is 51.9 Å². The number of hydrogen-bond donors (Lipinski definition) is 1. The van der Waals surface area contributed by atoms with Gasteiger partial charge >= 0.3 is 0 Å². The first kappa shape index (κ1) is 20.7. The number of ether oxygens (including phenoxy) is 3. The van der Waals surface area contributed by atoms with Gasteiger partial charge in [-0.2, -0.15) is 0 Å². The number of amides is 1. The molecule has 0 unspecified atom stereocenters. The van der Waals surface area contributed by atoms with Crippen LogP contribution in [0.2, 0.25) is 0 Å². The molecule has 0 radical (unpaired) electrons. The molecule has 0 spiro atoms. The Kier molecular flexibility index (Phi) is 7.67. The molecule has 4 aliphatic rings. The zero-order valence-corrected chi connectivity index (χ0v) is 16.7.